The Balaban J connectivity index is 1.71. The van der Waals surface area contributed by atoms with Gasteiger partial charge >= 0.3 is 0 Å². The molecule has 2 aromatic heterocycles. The maximum absolute atomic E-state index is 12.9. The van der Waals surface area contributed by atoms with Crippen LogP contribution >= 0.6 is 0 Å². The van der Waals surface area contributed by atoms with Crippen LogP contribution < -0.4 is 10.3 Å². The Bertz CT molecular complexity index is 1220. The molecule has 27 heavy (non-hydrogen) atoms. The van der Waals surface area contributed by atoms with Gasteiger partial charge in [-0.25, -0.2) is 4.98 Å². The summed E-state index contributed by atoms with van der Waals surface area (Å²) in [5, 5.41) is 5.26. The van der Waals surface area contributed by atoms with Crippen LogP contribution in [0.25, 0.3) is 21.9 Å². The predicted octanol–water partition coefficient (Wildman–Crippen LogP) is 3.63. The van der Waals surface area contributed by atoms with Crippen LogP contribution in [0.3, 0.4) is 0 Å². The maximum atomic E-state index is 12.9. The van der Waals surface area contributed by atoms with Crippen molar-refractivity contribution in [3.05, 3.63) is 82.9 Å². The molecule has 0 amide bonds. The lowest BCUT2D eigenvalue weighted by atomic mass is 10.2. The van der Waals surface area contributed by atoms with Gasteiger partial charge in [0.25, 0.3) is 5.56 Å². The van der Waals surface area contributed by atoms with Crippen molar-refractivity contribution in [1.82, 2.24) is 14.6 Å². The largest absolute Gasteiger partial charge is 0.490 e. The molecule has 0 aliphatic carbocycles. The molecule has 0 saturated carbocycles. The van der Waals surface area contributed by atoms with E-state index in [2.05, 4.69) is 21.6 Å². The average molecular weight is 358 g/mol. The Morgan fingerprint density at radius 3 is 2.78 bits per heavy atom. The first kappa shape index (κ1) is 16.8. The minimum Gasteiger partial charge on any atom is -0.490 e. The Kier molecular flexibility index (Phi) is 4.30. The van der Waals surface area contributed by atoms with Gasteiger partial charge < -0.3 is 9.72 Å². The molecule has 134 valence electrons. The number of aromatic nitrogens is 3. The number of ether oxygens (including phenoxy) is 1. The van der Waals surface area contributed by atoms with E-state index in [-0.39, 0.29) is 5.56 Å². The van der Waals surface area contributed by atoms with Gasteiger partial charge in [-0.05, 0) is 42.8 Å². The molecule has 0 bridgehead atoms. The lowest BCUT2D eigenvalue weighted by Crippen LogP contribution is -2.20. The molecule has 0 radical (unpaired) electrons. The third kappa shape index (κ3) is 3.13. The molecular formula is C21H18N4O2. The summed E-state index contributed by atoms with van der Waals surface area (Å²) < 4.78 is 6.76. The second-order valence-corrected chi connectivity index (χ2v) is 6.08. The van der Waals surface area contributed by atoms with Gasteiger partial charge in [0.05, 0.1) is 6.21 Å². The topological polar surface area (TPSA) is 72.3 Å². The fourth-order valence-electron chi connectivity index (χ4n) is 2.93. The number of aryl methyl sites for hydroxylation is 1. The number of nitrogens with one attached hydrogen (secondary N) is 1. The van der Waals surface area contributed by atoms with Crippen molar-refractivity contribution in [3.8, 4) is 5.75 Å². The summed E-state index contributed by atoms with van der Waals surface area (Å²) in [6.45, 7) is 5.85. The van der Waals surface area contributed by atoms with Gasteiger partial charge in [-0.3, -0.25) is 4.79 Å². The highest BCUT2D eigenvalue weighted by Crippen LogP contribution is 2.21. The Labute approximate surface area is 155 Å². The number of hydrogen-bond acceptors (Lipinski definition) is 4. The zero-order valence-corrected chi connectivity index (χ0v) is 14.8. The highest BCUT2D eigenvalue weighted by atomic mass is 16.5. The lowest BCUT2D eigenvalue weighted by molar-refractivity contribution is 0.363. The first-order chi connectivity index (χ1) is 13.2. The molecule has 1 N–H and O–H groups in total. The van der Waals surface area contributed by atoms with Crippen LogP contribution in [0.2, 0.25) is 0 Å². The molecular weight excluding hydrogens is 340 g/mol. The zero-order chi connectivity index (χ0) is 18.8. The maximum Gasteiger partial charge on any atom is 0.298 e. The van der Waals surface area contributed by atoms with Crippen LogP contribution in [0.5, 0.6) is 5.75 Å². The summed E-state index contributed by atoms with van der Waals surface area (Å²) in [7, 11) is 0. The number of nitrogens with zero attached hydrogens (tertiary/aromatic N) is 3. The standard InChI is InChI=1S/C21H18N4O2/c1-3-12-27-16-10-8-15(9-11-16)13-22-25-14(2)23-19-17-6-4-5-7-18(17)24-20(19)21(25)26/h3-11,13,24H,1,12H2,2H3/b22-13+. The lowest BCUT2D eigenvalue weighted by Gasteiger charge is -2.04. The van der Waals surface area contributed by atoms with Crippen molar-refractivity contribution in [3.63, 3.8) is 0 Å². The molecule has 2 aromatic carbocycles. The molecule has 4 aromatic rings. The predicted molar refractivity (Wildman–Crippen MR) is 108 cm³/mol. The van der Waals surface area contributed by atoms with Gasteiger partial charge in [-0.1, -0.05) is 30.9 Å². The Morgan fingerprint density at radius 1 is 1.22 bits per heavy atom. The molecule has 6 heteroatoms. The first-order valence-electron chi connectivity index (χ1n) is 8.55. The Morgan fingerprint density at radius 2 is 2.00 bits per heavy atom. The SMILES string of the molecule is C=CCOc1ccc(/C=N/n2c(C)nc3c([nH]c4ccccc43)c2=O)cc1. The third-order valence-electron chi connectivity index (χ3n) is 4.24. The molecule has 6 nitrogen and oxygen atoms in total. The summed E-state index contributed by atoms with van der Waals surface area (Å²) in [4.78, 5) is 20.6. The normalized spacial score (nSPS) is 11.4. The summed E-state index contributed by atoms with van der Waals surface area (Å²) >= 11 is 0. The van der Waals surface area contributed by atoms with Crippen molar-refractivity contribution in [2.45, 2.75) is 6.92 Å². The van der Waals surface area contributed by atoms with Crippen molar-refractivity contribution >= 4 is 28.2 Å². The number of H-pyrrole nitrogens is 1. The van der Waals surface area contributed by atoms with Gasteiger partial charge in [0.1, 0.15) is 29.2 Å². The van der Waals surface area contributed by atoms with Crippen LogP contribution in [-0.2, 0) is 0 Å². The number of hydrogen-bond donors (Lipinski definition) is 1. The highest BCUT2D eigenvalue weighted by molar-refractivity contribution is 6.04. The molecule has 2 heterocycles. The van der Waals surface area contributed by atoms with E-state index in [1.807, 2.05) is 48.5 Å². The van der Waals surface area contributed by atoms with Crippen molar-refractivity contribution in [2.24, 2.45) is 5.10 Å². The summed E-state index contributed by atoms with van der Waals surface area (Å²) in [5.41, 5.74) is 2.63. The van der Waals surface area contributed by atoms with E-state index in [9.17, 15) is 4.79 Å². The molecule has 4 rings (SSSR count). The second-order valence-electron chi connectivity index (χ2n) is 6.08. The van der Waals surface area contributed by atoms with Crippen molar-refractivity contribution < 1.29 is 4.74 Å². The average Bonchev–Trinajstić information content (AvgIpc) is 3.06. The van der Waals surface area contributed by atoms with E-state index in [0.717, 1.165) is 22.2 Å². The van der Waals surface area contributed by atoms with Crippen LogP contribution in [-0.4, -0.2) is 27.5 Å². The minimum atomic E-state index is -0.226. The zero-order valence-electron chi connectivity index (χ0n) is 14.8. The number of para-hydroxylation sites is 1. The van der Waals surface area contributed by atoms with Gasteiger partial charge in [-0.2, -0.15) is 9.78 Å². The van der Waals surface area contributed by atoms with E-state index in [1.165, 1.54) is 4.68 Å². The Hall–Kier alpha value is -3.67. The summed E-state index contributed by atoms with van der Waals surface area (Å²) in [6, 6.07) is 15.2. The fourth-order valence-corrected chi connectivity index (χ4v) is 2.93. The number of benzene rings is 2. The third-order valence-corrected chi connectivity index (χ3v) is 4.24. The van der Waals surface area contributed by atoms with E-state index in [1.54, 1.807) is 19.2 Å². The molecule has 0 aliphatic heterocycles. The smallest absolute Gasteiger partial charge is 0.298 e. The second kappa shape index (κ2) is 6.92. The first-order valence-corrected chi connectivity index (χ1v) is 8.55. The molecule has 0 aliphatic rings. The highest BCUT2D eigenvalue weighted by Gasteiger charge is 2.12. The molecule has 0 saturated heterocycles. The molecule has 0 fully saturated rings. The van der Waals surface area contributed by atoms with E-state index >= 15 is 0 Å². The van der Waals surface area contributed by atoms with Crippen LogP contribution in [0.15, 0.2) is 71.1 Å². The van der Waals surface area contributed by atoms with Crippen LogP contribution in [0.4, 0.5) is 0 Å². The monoisotopic (exact) mass is 358 g/mol. The van der Waals surface area contributed by atoms with E-state index in [0.29, 0.717) is 23.5 Å². The molecule has 0 atom stereocenters. The van der Waals surface area contributed by atoms with Crippen molar-refractivity contribution in [1.29, 1.82) is 0 Å². The number of fused-ring (bicyclic) bond motifs is 3. The fraction of sp³-hybridized carbons (Fsp3) is 0.0952. The van der Waals surface area contributed by atoms with Crippen molar-refractivity contribution in [2.75, 3.05) is 6.61 Å². The van der Waals surface area contributed by atoms with Gasteiger partial charge in [0.2, 0.25) is 0 Å². The summed E-state index contributed by atoms with van der Waals surface area (Å²) in [5.74, 6) is 1.28. The van der Waals surface area contributed by atoms with Gasteiger partial charge in [0, 0.05) is 10.9 Å². The molecule has 0 spiro atoms. The number of rotatable bonds is 5. The van der Waals surface area contributed by atoms with Crippen LogP contribution in [0, 0.1) is 6.92 Å². The molecule has 0 unspecified atom stereocenters. The van der Waals surface area contributed by atoms with Gasteiger partial charge in [0.15, 0.2) is 0 Å². The summed E-state index contributed by atoms with van der Waals surface area (Å²) in [6.07, 6.45) is 3.32. The number of aromatic amines is 1. The van der Waals surface area contributed by atoms with E-state index in [4.69, 9.17) is 4.74 Å². The van der Waals surface area contributed by atoms with Gasteiger partial charge in [-0.15, -0.1) is 0 Å². The van der Waals surface area contributed by atoms with E-state index < -0.39 is 0 Å². The minimum absolute atomic E-state index is 0.226. The van der Waals surface area contributed by atoms with Crippen LogP contribution in [0.1, 0.15) is 11.4 Å². The quantitative estimate of drug-likeness (QED) is 0.437.